The predicted molar refractivity (Wildman–Crippen MR) is 122 cm³/mol. The summed E-state index contributed by atoms with van der Waals surface area (Å²) in [7, 11) is 1.79. The second kappa shape index (κ2) is 9.51. The Morgan fingerprint density at radius 1 is 1.24 bits per heavy atom. The number of carbonyl (C=O) groups is 1. The summed E-state index contributed by atoms with van der Waals surface area (Å²) in [5.41, 5.74) is 2.86. The molecule has 10 nitrogen and oxygen atoms in total. The van der Waals surface area contributed by atoms with E-state index in [1.165, 1.54) is 0 Å². The van der Waals surface area contributed by atoms with Crippen molar-refractivity contribution in [3.05, 3.63) is 35.8 Å². The molecule has 3 aromatic heterocycles. The quantitative estimate of drug-likeness (QED) is 0.550. The number of nitrogens with zero attached hydrogens (tertiary/aromatic N) is 6. The van der Waals surface area contributed by atoms with Crippen LogP contribution in [0.5, 0.6) is 5.75 Å². The molecule has 1 aliphatic carbocycles. The van der Waals surface area contributed by atoms with Crippen molar-refractivity contribution in [3.63, 3.8) is 0 Å². The fourth-order valence-electron chi connectivity index (χ4n) is 3.99. The van der Waals surface area contributed by atoms with Gasteiger partial charge in [-0.15, -0.1) is 5.10 Å². The van der Waals surface area contributed by atoms with E-state index in [4.69, 9.17) is 4.74 Å². The molecular formula is C23H29N7O3. The molecule has 0 aliphatic heterocycles. The summed E-state index contributed by atoms with van der Waals surface area (Å²) < 4.78 is 7.74. The third-order valence-corrected chi connectivity index (χ3v) is 5.87. The van der Waals surface area contributed by atoms with Crippen molar-refractivity contribution < 1.29 is 14.6 Å². The first-order chi connectivity index (χ1) is 15.8. The standard InChI is InChI=1S/C23H29N7O3/c1-13(2)17-10-11-24-23(26-17)27-21-20(28-29-30(21)4)18-8-9-19(14(3)25-18)33-16-7-5-6-15(12-16)22(31)32/h8-11,13,15-16H,5-7,12H2,1-4H3,(H,31,32)(H,24,26,27)/t15-,16-/m0/s1. The van der Waals surface area contributed by atoms with Gasteiger partial charge in [0.05, 0.1) is 23.4 Å². The lowest BCUT2D eigenvalue weighted by Crippen LogP contribution is -2.29. The fourth-order valence-corrected chi connectivity index (χ4v) is 3.99. The van der Waals surface area contributed by atoms with E-state index in [1.54, 1.807) is 17.9 Å². The van der Waals surface area contributed by atoms with Crippen LogP contribution < -0.4 is 10.1 Å². The molecule has 0 bridgehead atoms. The lowest BCUT2D eigenvalue weighted by atomic mass is 9.87. The summed E-state index contributed by atoms with van der Waals surface area (Å²) in [6.45, 7) is 6.03. The highest BCUT2D eigenvalue weighted by Crippen LogP contribution is 2.31. The maximum Gasteiger partial charge on any atom is 0.306 e. The molecule has 2 N–H and O–H groups in total. The minimum atomic E-state index is -0.751. The van der Waals surface area contributed by atoms with Crippen LogP contribution in [0.25, 0.3) is 11.4 Å². The molecule has 10 heteroatoms. The number of carboxylic acid groups (broad SMARTS) is 1. The zero-order valence-electron chi connectivity index (χ0n) is 19.3. The maximum absolute atomic E-state index is 11.3. The first kappa shape index (κ1) is 22.6. The van der Waals surface area contributed by atoms with Crippen LogP contribution in [-0.4, -0.2) is 47.1 Å². The maximum atomic E-state index is 11.3. The predicted octanol–water partition coefficient (Wildman–Crippen LogP) is 3.86. The smallest absolute Gasteiger partial charge is 0.306 e. The van der Waals surface area contributed by atoms with Gasteiger partial charge < -0.3 is 15.2 Å². The van der Waals surface area contributed by atoms with Crippen molar-refractivity contribution in [1.82, 2.24) is 29.9 Å². The molecule has 2 atom stereocenters. The van der Waals surface area contributed by atoms with Crippen molar-refractivity contribution in [1.29, 1.82) is 0 Å². The summed E-state index contributed by atoms with van der Waals surface area (Å²) in [5.74, 6) is 0.938. The Hall–Kier alpha value is -3.56. The summed E-state index contributed by atoms with van der Waals surface area (Å²) >= 11 is 0. The molecule has 4 rings (SSSR count). The Kier molecular flexibility index (Phi) is 6.52. The molecule has 0 saturated heterocycles. The molecule has 174 valence electrons. The molecule has 3 aromatic rings. The molecule has 1 fully saturated rings. The van der Waals surface area contributed by atoms with Gasteiger partial charge in [0.2, 0.25) is 5.95 Å². The number of aromatic nitrogens is 6. The third-order valence-electron chi connectivity index (χ3n) is 5.87. The second-order valence-corrected chi connectivity index (χ2v) is 8.72. The summed E-state index contributed by atoms with van der Waals surface area (Å²) in [6.07, 6.45) is 4.52. The molecule has 33 heavy (non-hydrogen) atoms. The number of rotatable bonds is 7. The number of ether oxygens (including phenoxy) is 1. The molecule has 3 heterocycles. The third kappa shape index (κ3) is 5.10. The van der Waals surface area contributed by atoms with Gasteiger partial charge in [-0.25, -0.2) is 19.6 Å². The van der Waals surface area contributed by atoms with Crippen molar-refractivity contribution in [2.45, 2.75) is 58.5 Å². The van der Waals surface area contributed by atoms with Gasteiger partial charge >= 0.3 is 5.97 Å². The molecule has 0 amide bonds. The van der Waals surface area contributed by atoms with E-state index in [-0.39, 0.29) is 17.9 Å². The summed E-state index contributed by atoms with van der Waals surface area (Å²) in [6, 6.07) is 5.59. The minimum absolute atomic E-state index is 0.120. The van der Waals surface area contributed by atoms with Crippen LogP contribution in [0.2, 0.25) is 0 Å². The number of nitrogens with one attached hydrogen (secondary N) is 1. The van der Waals surface area contributed by atoms with E-state index in [0.29, 0.717) is 47.4 Å². The lowest BCUT2D eigenvalue weighted by Gasteiger charge is -2.27. The van der Waals surface area contributed by atoms with Gasteiger partial charge in [0.25, 0.3) is 0 Å². The monoisotopic (exact) mass is 451 g/mol. The largest absolute Gasteiger partial charge is 0.489 e. The first-order valence-corrected chi connectivity index (χ1v) is 11.2. The number of hydrogen-bond acceptors (Lipinski definition) is 8. The van der Waals surface area contributed by atoms with Crippen LogP contribution in [0, 0.1) is 12.8 Å². The molecule has 1 aliphatic rings. The van der Waals surface area contributed by atoms with E-state index >= 15 is 0 Å². The molecule has 0 spiro atoms. The van der Waals surface area contributed by atoms with E-state index in [9.17, 15) is 9.90 Å². The normalized spacial score (nSPS) is 18.3. The Balaban J connectivity index is 1.54. The van der Waals surface area contributed by atoms with Crippen LogP contribution >= 0.6 is 0 Å². The highest BCUT2D eigenvalue weighted by Gasteiger charge is 2.28. The number of aryl methyl sites for hydroxylation is 2. The van der Waals surface area contributed by atoms with Crippen molar-refractivity contribution in [2.24, 2.45) is 13.0 Å². The topological polar surface area (TPSA) is 128 Å². The van der Waals surface area contributed by atoms with Gasteiger partial charge in [-0.1, -0.05) is 19.1 Å². The van der Waals surface area contributed by atoms with Crippen molar-refractivity contribution >= 4 is 17.7 Å². The number of pyridine rings is 1. The SMILES string of the molecule is Cc1nc(-c2nnn(C)c2Nc2nccc(C(C)C)n2)ccc1O[C@H]1CCC[C@H](C(=O)O)C1. The molecule has 0 aromatic carbocycles. The van der Waals surface area contributed by atoms with Crippen LogP contribution in [0.1, 0.15) is 56.8 Å². The molecular weight excluding hydrogens is 422 g/mol. The van der Waals surface area contributed by atoms with Crippen molar-refractivity contribution in [2.75, 3.05) is 5.32 Å². The average Bonchev–Trinajstić information content (AvgIpc) is 3.15. The first-order valence-electron chi connectivity index (χ1n) is 11.2. The molecule has 0 unspecified atom stereocenters. The summed E-state index contributed by atoms with van der Waals surface area (Å²) in [4.78, 5) is 24.9. The van der Waals surface area contributed by atoms with Gasteiger partial charge in [0.1, 0.15) is 5.75 Å². The number of anilines is 2. The van der Waals surface area contributed by atoms with E-state index in [0.717, 1.165) is 18.5 Å². The van der Waals surface area contributed by atoms with Crippen LogP contribution in [0.15, 0.2) is 24.4 Å². The zero-order valence-corrected chi connectivity index (χ0v) is 19.3. The Labute approximate surface area is 192 Å². The van der Waals surface area contributed by atoms with Gasteiger partial charge in [0, 0.05) is 18.9 Å². The van der Waals surface area contributed by atoms with Crippen LogP contribution in [-0.2, 0) is 11.8 Å². The van der Waals surface area contributed by atoms with Crippen molar-refractivity contribution in [3.8, 4) is 17.1 Å². The van der Waals surface area contributed by atoms with E-state index in [2.05, 4.69) is 44.4 Å². The number of hydrogen-bond donors (Lipinski definition) is 2. The highest BCUT2D eigenvalue weighted by molar-refractivity contribution is 5.72. The van der Waals surface area contributed by atoms with Gasteiger partial charge in [0.15, 0.2) is 11.5 Å². The molecule has 0 radical (unpaired) electrons. The highest BCUT2D eigenvalue weighted by atomic mass is 16.5. The zero-order chi connectivity index (χ0) is 23.5. The summed E-state index contributed by atoms with van der Waals surface area (Å²) in [5, 5.41) is 21.0. The van der Waals surface area contributed by atoms with Crippen LogP contribution in [0.3, 0.4) is 0 Å². The Morgan fingerprint density at radius 2 is 2.06 bits per heavy atom. The Morgan fingerprint density at radius 3 is 2.79 bits per heavy atom. The second-order valence-electron chi connectivity index (χ2n) is 8.72. The van der Waals surface area contributed by atoms with Gasteiger partial charge in [-0.2, -0.15) is 0 Å². The van der Waals surface area contributed by atoms with E-state index < -0.39 is 5.97 Å². The van der Waals surface area contributed by atoms with Gasteiger partial charge in [-0.3, -0.25) is 4.79 Å². The number of carboxylic acids is 1. The van der Waals surface area contributed by atoms with Gasteiger partial charge in [-0.05, 0) is 56.7 Å². The Bertz CT molecular complexity index is 1140. The average molecular weight is 452 g/mol. The molecule has 1 saturated carbocycles. The van der Waals surface area contributed by atoms with E-state index in [1.807, 2.05) is 25.1 Å². The lowest BCUT2D eigenvalue weighted by molar-refractivity contribution is -0.143. The number of aliphatic carboxylic acids is 1. The fraction of sp³-hybridized carbons (Fsp3) is 0.478. The minimum Gasteiger partial charge on any atom is -0.489 e. The van der Waals surface area contributed by atoms with Crippen LogP contribution in [0.4, 0.5) is 11.8 Å².